The summed E-state index contributed by atoms with van der Waals surface area (Å²) >= 11 is 0. The molecule has 2 N–H and O–H groups in total. The molecule has 4 heteroatoms. The molecule has 0 spiro atoms. The average Bonchev–Trinajstić information content (AvgIpc) is 2.92. The van der Waals surface area contributed by atoms with Gasteiger partial charge in [-0.05, 0) is 42.0 Å². The number of nitrogens with one attached hydrogen (secondary N) is 1. The van der Waals surface area contributed by atoms with E-state index in [1.807, 2.05) is 0 Å². The first-order valence-electron chi connectivity index (χ1n) is 8.83. The van der Waals surface area contributed by atoms with Crippen LogP contribution < -0.4 is 0 Å². The fourth-order valence-electron chi connectivity index (χ4n) is 4.81. The lowest BCUT2D eigenvalue weighted by atomic mass is 9.71. The Bertz CT molecular complexity index is 815. The molecule has 4 nitrogen and oxygen atoms in total. The Labute approximate surface area is 142 Å². The highest BCUT2D eigenvalue weighted by Gasteiger charge is 2.41. The summed E-state index contributed by atoms with van der Waals surface area (Å²) < 4.78 is 0. The van der Waals surface area contributed by atoms with E-state index >= 15 is 0 Å². The summed E-state index contributed by atoms with van der Waals surface area (Å²) in [5.41, 5.74) is 5.39. The van der Waals surface area contributed by atoms with Gasteiger partial charge in [0.2, 0.25) is 0 Å². The van der Waals surface area contributed by atoms with Gasteiger partial charge in [-0.1, -0.05) is 32.9 Å². The van der Waals surface area contributed by atoms with Gasteiger partial charge in [0.15, 0.2) is 0 Å². The highest BCUT2D eigenvalue weighted by atomic mass is 16.4. The number of benzene rings is 1. The minimum Gasteiger partial charge on any atom is -0.481 e. The third kappa shape index (κ3) is 2.20. The number of fused-ring (bicyclic) bond motifs is 2. The predicted molar refractivity (Wildman–Crippen MR) is 95.6 cm³/mol. The molecule has 2 aromatic rings. The monoisotopic (exact) mass is 326 g/mol. The predicted octanol–water partition coefficient (Wildman–Crippen LogP) is 3.51. The van der Waals surface area contributed by atoms with Crippen molar-refractivity contribution in [1.29, 1.82) is 0 Å². The number of H-pyrrole nitrogens is 1. The molecule has 1 fully saturated rings. The number of rotatable bonds is 1. The molecule has 24 heavy (non-hydrogen) atoms. The van der Waals surface area contributed by atoms with Gasteiger partial charge in [-0.25, -0.2) is 0 Å². The van der Waals surface area contributed by atoms with Crippen LogP contribution in [0.3, 0.4) is 0 Å². The quantitative estimate of drug-likeness (QED) is 0.843. The van der Waals surface area contributed by atoms with Gasteiger partial charge in [0.05, 0.1) is 5.92 Å². The first-order chi connectivity index (χ1) is 11.3. The summed E-state index contributed by atoms with van der Waals surface area (Å²) in [6.07, 6.45) is 3.92. The lowest BCUT2D eigenvalue weighted by molar-refractivity contribution is -0.144. The highest BCUT2D eigenvalue weighted by Crippen LogP contribution is 2.46. The number of carbonyl (C=O) groups is 1. The number of hydrogen-bond donors (Lipinski definition) is 2. The molecule has 0 bridgehead atoms. The van der Waals surface area contributed by atoms with E-state index in [4.69, 9.17) is 0 Å². The van der Waals surface area contributed by atoms with Crippen LogP contribution in [-0.4, -0.2) is 40.6 Å². The van der Waals surface area contributed by atoms with E-state index in [1.165, 1.54) is 27.6 Å². The van der Waals surface area contributed by atoms with E-state index < -0.39 is 5.97 Å². The summed E-state index contributed by atoms with van der Waals surface area (Å²) in [7, 11) is 2.07. The summed E-state index contributed by atoms with van der Waals surface area (Å²) in [5.74, 6) is -0.624. The number of aromatic amines is 1. The second-order valence-corrected chi connectivity index (χ2v) is 8.60. The largest absolute Gasteiger partial charge is 0.481 e. The van der Waals surface area contributed by atoms with Crippen LogP contribution in [0.25, 0.3) is 10.9 Å². The van der Waals surface area contributed by atoms with Crippen LogP contribution in [0.4, 0.5) is 0 Å². The van der Waals surface area contributed by atoms with Crippen molar-refractivity contribution in [2.75, 3.05) is 13.6 Å². The van der Waals surface area contributed by atoms with Gasteiger partial charge < -0.3 is 15.0 Å². The molecular formula is C20H26N2O2. The lowest BCUT2D eigenvalue weighted by Gasteiger charge is -2.44. The molecule has 1 saturated heterocycles. The Morgan fingerprint density at radius 2 is 2.08 bits per heavy atom. The molecule has 128 valence electrons. The summed E-state index contributed by atoms with van der Waals surface area (Å²) in [6, 6.07) is 4.91. The molecule has 1 aromatic heterocycles. The smallest absolute Gasteiger partial charge is 0.307 e. The van der Waals surface area contributed by atoms with Gasteiger partial charge in [0.25, 0.3) is 0 Å². The van der Waals surface area contributed by atoms with Gasteiger partial charge in [-0.3, -0.25) is 4.79 Å². The standard InChI is InChI=1S/C20H26N2O2/c1-20(2,3)15-6-5-13-14-7-12(19(23)24)10-22(4)16(14)8-11-9-21-18(15)17(11)13/h5-6,9,12,14,16,21H,7-8,10H2,1-4H3,(H,23,24)/t12-,14?,16-/m1/s1. The Morgan fingerprint density at radius 1 is 1.33 bits per heavy atom. The summed E-state index contributed by atoms with van der Waals surface area (Å²) in [4.78, 5) is 17.3. The van der Waals surface area contributed by atoms with E-state index in [9.17, 15) is 9.90 Å². The molecule has 0 saturated carbocycles. The SMILES string of the molecule is CN1C[C@H](C(=O)O)CC2c3ccc(C(C)(C)C)c4[nH]cc(c34)C[C@H]21. The maximum Gasteiger partial charge on any atom is 0.307 e. The van der Waals surface area contributed by atoms with Crippen LogP contribution in [0.5, 0.6) is 0 Å². The van der Waals surface area contributed by atoms with Gasteiger partial charge in [0, 0.05) is 35.6 Å². The zero-order valence-corrected chi connectivity index (χ0v) is 14.9. The van der Waals surface area contributed by atoms with Gasteiger partial charge >= 0.3 is 5.97 Å². The van der Waals surface area contributed by atoms with E-state index in [-0.39, 0.29) is 11.3 Å². The van der Waals surface area contributed by atoms with Crippen molar-refractivity contribution in [3.05, 3.63) is 35.0 Å². The van der Waals surface area contributed by atoms with E-state index in [0.717, 1.165) is 12.8 Å². The molecule has 2 aliphatic rings. The second-order valence-electron chi connectivity index (χ2n) is 8.60. The van der Waals surface area contributed by atoms with Crippen LogP contribution in [0, 0.1) is 5.92 Å². The van der Waals surface area contributed by atoms with Crippen molar-refractivity contribution < 1.29 is 9.90 Å². The molecule has 1 aliphatic heterocycles. The number of aliphatic carboxylic acids is 1. The van der Waals surface area contributed by atoms with E-state index in [1.54, 1.807) is 0 Å². The molecule has 1 aromatic carbocycles. The molecule has 0 amide bonds. The minimum absolute atomic E-state index is 0.0878. The number of hydrogen-bond acceptors (Lipinski definition) is 2. The maximum absolute atomic E-state index is 11.6. The highest BCUT2D eigenvalue weighted by molar-refractivity contribution is 5.91. The number of nitrogens with zero attached hydrogens (tertiary/aromatic N) is 1. The van der Waals surface area contributed by atoms with Crippen molar-refractivity contribution in [3.63, 3.8) is 0 Å². The zero-order valence-electron chi connectivity index (χ0n) is 14.9. The normalized spacial score (nSPS) is 27.2. The third-order valence-corrected chi connectivity index (χ3v) is 6.01. The Hall–Kier alpha value is -1.81. The Balaban J connectivity index is 1.87. The molecule has 4 rings (SSSR count). The first kappa shape index (κ1) is 15.7. The number of carboxylic acid groups (broad SMARTS) is 1. The lowest BCUT2D eigenvalue weighted by Crippen LogP contribution is -2.49. The van der Waals surface area contributed by atoms with Crippen molar-refractivity contribution in [2.24, 2.45) is 5.92 Å². The third-order valence-electron chi connectivity index (χ3n) is 6.01. The van der Waals surface area contributed by atoms with Crippen molar-refractivity contribution >= 4 is 16.9 Å². The van der Waals surface area contributed by atoms with E-state index in [0.29, 0.717) is 18.5 Å². The molecule has 1 aliphatic carbocycles. The summed E-state index contributed by atoms with van der Waals surface area (Å²) in [6.45, 7) is 7.38. The van der Waals surface area contributed by atoms with Crippen LogP contribution in [0.1, 0.15) is 49.8 Å². The van der Waals surface area contributed by atoms with Crippen molar-refractivity contribution in [3.8, 4) is 0 Å². The summed E-state index contributed by atoms with van der Waals surface area (Å²) in [5, 5.41) is 10.9. The van der Waals surface area contributed by atoms with Gasteiger partial charge in [-0.2, -0.15) is 0 Å². The number of carboxylic acids is 1. The van der Waals surface area contributed by atoms with Crippen LogP contribution >= 0.6 is 0 Å². The number of aromatic nitrogens is 1. The fraction of sp³-hybridized carbons (Fsp3) is 0.550. The maximum atomic E-state index is 11.6. The molecule has 0 radical (unpaired) electrons. The molecule has 3 atom stereocenters. The minimum atomic E-state index is -0.664. The molecule has 2 heterocycles. The number of likely N-dealkylation sites (tertiary alicyclic amines) is 1. The Kier molecular flexibility index (Phi) is 3.33. The topological polar surface area (TPSA) is 56.3 Å². The zero-order chi connectivity index (χ0) is 17.2. The van der Waals surface area contributed by atoms with Crippen LogP contribution in [0.15, 0.2) is 18.3 Å². The number of likely N-dealkylation sites (N-methyl/N-ethyl adjacent to an activating group) is 1. The second kappa shape index (κ2) is 5.09. The van der Waals surface area contributed by atoms with E-state index in [2.05, 4.69) is 56.0 Å². The van der Waals surface area contributed by atoms with Gasteiger partial charge in [0.1, 0.15) is 0 Å². The van der Waals surface area contributed by atoms with Gasteiger partial charge in [-0.15, -0.1) is 0 Å². The van der Waals surface area contributed by atoms with Crippen molar-refractivity contribution in [2.45, 2.75) is 51.0 Å². The van der Waals surface area contributed by atoms with Crippen LogP contribution in [0.2, 0.25) is 0 Å². The van der Waals surface area contributed by atoms with Crippen LogP contribution in [-0.2, 0) is 16.6 Å². The Morgan fingerprint density at radius 3 is 2.75 bits per heavy atom. The molecular weight excluding hydrogens is 300 g/mol. The first-order valence-corrected chi connectivity index (χ1v) is 8.83. The van der Waals surface area contributed by atoms with Crippen molar-refractivity contribution in [1.82, 2.24) is 9.88 Å². The molecule has 1 unspecified atom stereocenters. The fourth-order valence-corrected chi connectivity index (χ4v) is 4.81. The number of piperidine rings is 1. The average molecular weight is 326 g/mol.